The third-order valence-electron chi connectivity index (χ3n) is 2.83. The van der Waals surface area contributed by atoms with Gasteiger partial charge >= 0.3 is 0 Å². The van der Waals surface area contributed by atoms with E-state index in [0.29, 0.717) is 12.6 Å². The molecule has 0 radical (unpaired) electrons. The molecule has 0 bridgehead atoms. The molecule has 0 spiro atoms. The van der Waals surface area contributed by atoms with Crippen LogP contribution in [-0.2, 0) is 9.84 Å². The highest BCUT2D eigenvalue weighted by Crippen LogP contribution is 2.06. The molecule has 0 aromatic heterocycles. The molecule has 0 aromatic carbocycles. The summed E-state index contributed by atoms with van der Waals surface area (Å²) in [4.78, 5) is 0. The monoisotopic (exact) mass is 249 g/mol. The summed E-state index contributed by atoms with van der Waals surface area (Å²) in [5.74, 6) is 0.526. The van der Waals surface area contributed by atoms with Gasteiger partial charge < -0.3 is 5.32 Å². The molecule has 4 heteroatoms. The van der Waals surface area contributed by atoms with E-state index in [4.69, 9.17) is 0 Å². The number of hydrogen-bond donors (Lipinski definition) is 1. The summed E-state index contributed by atoms with van der Waals surface area (Å²) in [6.07, 6.45) is 5.89. The van der Waals surface area contributed by atoms with Crippen molar-refractivity contribution < 1.29 is 8.42 Å². The number of nitrogens with one attached hydrogen (secondary N) is 1. The average molecular weight is 249 g/mol. The van der Waals surface area contributed by atoms with E-state index in [9.17, 15) is 8.42 Å². The Morgan fingerprint density at radius 3 is 2.25 bits per heavy atom. The van der Waals surface area contributed by atoms with E-state index in [1.54, 1.807) is 6.92 Å². The number of sulfone groups is 1. The first-order valence-electron chi connectivity index (χ1n) is 6.49. The predicted molar refractivity (Wildman–Crippen MR) is 70.6 cm³/mol. The first-order valence-corrected chi connectivity index (χ1v) is 8.31. The van der Waals surface area contributed by atoms with E-state index >= 15 is 0 Å². The zero-order valence-electron chi connectivity index (χ0n) is 11.0. The summed E-state index contributed by atoms with van der Waals surface area (Å²) in [7, 11) is -2.81. The molecule has 16 heavy (non-hydrogen) atoms. The molecule has 0 aliphatic heterocycles. The minimum absolute atomic E-state index is 0.252. The molecule has 0 heterocycles. The fourth-order valence-corrected chi connectivity index (χ4v) is 2.43. The average Bonchev–Trinajstić information content (AvgIpc) is 2.25. The molecule has 3 nitrogen and oxygen atoms in total. The van der Waals surface area contributed by atoms with E-state index in [-0.39, 0.29) is 11.5 Å². The van der Waals surface area contributed by atoms with Crippen molar-refractivity contribution in [2.45, 2.75) is 58.9 Å². The topological polar surface area (TPSA) is 46.2 Å². The van der Waals surface area contributed by atoms with Crippen molar-refractivity contribution in [3.8, 4) is 0 Å². The molecule has 0 rings (SSSR count). The Morgan fingerprint density at radius 1 is 1.06 bits per heavy atom. The quantitative estimate of drug-likeness (QED) is 0.646. The second-order valence-corrected chi connectivity index (χ2v) is 6.79. The van der Waals surface area contributed by atoms with Crippen molar-refractivity contribution in [3.05, 3.63) is 0 Å². The second kappa shape index (κ2) is 8.99. The summed E-state index contributed by atoms with van der Waals surface area (Å²) < 4.78 is 22.6. The minimum atomic E-state index is -2.81. The highest BCUT2D eigenvalue weighted by atomic mass is 32.2. The molecular formula is C12H27NO2S. The Morgan fingerprint density at radius 2 is 1.75 bits per heavy atom. The molecular weight excluding hydrogens is 222 g/mol. The third-order valence-corrected chi connectivity index (χ3v) is 4.53. The molecule has 0 fully saturated rings. The van der Waals surface area contributed by atoms with Crippen LogP contribution in [0.25, 0.3) is 0 Å². The van der Waals surface area contributed by atoms with Gasteiger partial charge in [-0.2, -0.15) is 0 Å². The molecule has 98 valence electrons. The molecule has 0 aromatic rings. The van der Waals surface area contributed by atoms with Crippen LogP contribution >= 0.6 is 0 Å². The second-order valence-electron chi connectivity index (χ2n) is 4.32. The van der Waals surface area contributed by atoms with Gasteiger partial charge in [-0.05, 0) is 12.8 Å². The molecule has 1 N–H and O–H groups in total. The number of hydrogen-bond acceptors (Lipinski definition) is 3. The highest BCUT2D eigenvalue weighted by molar-refractivity contribution is 7.91. The lowest BCUT2D eigenvalue weighted by molar-refractivity contribution is 0.445. The fraction of sp³-hybridized carbons (Fsp3) is 1.00. The molecule has 1 unspecified atom stereocenters. The number of unbranched alkanes of at least 4 members (excludes halogenated alkanes) is 1. The molecule has 0 saturated carbocycles. The van der Waals surface area contributed by atoms with Crippen molar-refractivity contribution >= 4 is 9.84 Å². The van der Waals surface area contributed by atoms with Crippen molar-refractivity contribution in [3.63, 3.8) is 0 Å². The first-order chi connectivity index (χ1) is 7.55. The van der Waals surface area contributed by atoms with Crippen molar-refractivity contribution in [1.29, 1.82) is 0 Å². The largest absolute Gasteiger partial charge is 0.313 e. The summed E-state index contributed by atoms with van der Waals surface area (Å²) in [5, 5.41) is 3.37. The molecule has 0 amide bonds. The van der Waals surface area contributed by atoms with Crippen LogP contribution in [0.4, 0.5) is 0 Å². The van der Waals surface area contributed by atoms with Crippen molar-refractivity contribution in [2.75, 3.05) is 18.1 Å². The zero-order valence-corrected chi connectivity index (χ0v) is 11.8. The Kier molecular flexibility index (Phi) is 8.94. The predicted octanol–water partition coefficient (Wildman–Crippen LogP) is 2.37. The van der Waals surface area contributed by atoms with Gasteiger partial charge in [0.2, 0.25) is 0 Å². The van der Waals surface area contributed by atoms with Crippen LogP contribution < -0.4 is 5.32 Å². The van der Waals surface area contributed by atoms with Crippen LogP contribution in [0.3, 0.4) is 0 Å². The van der Waals surface area contributed by atoms with Gasteiger partial charge in [0.1, 0.15) is 0 Å². The number of rotatable bonds is 10. The molecule has 0 saturated heterocycles. The van der Waals surface area contributed by atoms with E-state index in [0.717, 1.165) is 19.3 Å². The maximum absolute atomic E-state index is 11.3. The van der Waals surface area contributed by atoms with E-state index in [1.807, 2.05) is 0 Å². The van der Waals surface area contributed by atoms with Gasteiger partial charge in [-0.15, -0.1) is 0 Å². The minimum Gasteiger partial charge on any atom is -0.313 e. The van der Waals surface area contributed by atoms with E-state index in [2.05, 4.69) is 19.2 Å². The Hall–Kier alpha value is -0.0900. The third kappa shape index (κ3) is 8.11. The normalized spacial score (nSPS) is 13.9. The van der Waals surface area contributed by atoms with Crippen LogP contribution in [0, 0.1) is 0 Å². The summed E-state index contributed by atoms with van der Waals surface area (Å²) in [6, 6.07) is 0.497. The van der Waals surface area contributed by atoms with Gasteiger partial charge in [-0.3, -0.25) is 0 Å². The summed E-state index contributed by atoms with van der Waals surface area (Å²) in [6.45, 7) is 6.66. The van der Waals surface area contributed by atoms with Crippen LogP contribution in [0.5, 0.6) is 0 Å². The lowest BCUT2D eigenvalue weighted by atomic mass is 10.1. The van der Waals surface area contributed by atoms with Gasteiger partial charge in [0.25, 0.3) is 0 Å². The van der Waals surface area contributed by atoms with E-state index < -0.39 is 9.84 Å². The summed E-state index contributed by atoms with van der Waals surface area (Å²) >= 11 is 0. The van der Waals surface area contributed by atoms with Crippen molar-refractivity contribution in [1.82, 2.24) is 5.32 Å². The lowest BCUT2D eigenvalue weighted by Crippen LogP contribution is -2.33. The van der Waals surface area contributed by atoms with Gasteiger partial charge in [0.05, 0.1) is 5.75 Å². The maximum Gasteiger partial charge on any atom is 0.151 e. The van der Waals surface area contributed by atoms with Gasteiger partial charge in [0, 0.05) is 18.3 Å². The summed E-state index contributed by atoms with van der Waals surface area (Å²) in [5.41, 5.74) is 0. The van der Waals surface area contributed by atoms with Gasteiger partial charge in [0.15, 0.2) is 9.84 Å². The Bertz CT molecular complexity index is 250. The molecule has 1 atom stereocenters. The SMILES string of the molecule is CCCCC(CCC)NCCS(=O)(=O)CC. The van der Waals surface area contributed by atoms with Crippen LogP contribution in [0.15, 0.2) is 0 Å². The van der Waals surface area contributed by atoms with E-state index in [1.165, 1.54) is 12.8 Å². The zero-order chi connectivity index (χ0) is 12.4. The Balaban J connectivity index is 3.83. The van der Waals surface area contributed by atoms with Gasteiger partial charge in [-0.1, -0.05) is 40.0 Å². The van der Waals surface area contributed by atoms with Crippen molar-refractivity contribution in [2.24, 2.45) is 0 Å². The highest BCUT2D eigenvalue weighted by Gasteiger charge is 2.10. The van der Waals surface area contributed by atoms with Gasteiger partial charge in [-0.25, -0.2) is 8.42 Å². The molecule has 0 aliphatic carbocycles. The Labute approximate surface area is 101 Å². The first kappa shape index (κ1) is 15.9. The van der Waals surface area contributed by atoms with Crippen LogP contribution in [0.2, 0.25) is 0 Å². The maximum atomic E-state index is 11.3. The molecule has 0 aliphatic rings. The van der Waals surface area contributed by atoms with Crippen LogP contribution in [0.1, 0.15) is 52.9 Å². The van der Waals surface area contributed by atoms with Crippen LogP contribution in [-0.4, -0.2) is 32.5 Å². The lowest BCUT2D eigenvalue weighted by Gasteiger charge is -2.17. The fourth-order valence-electron chi connectivity index (χ4n) is 1.71. The standard InChI is InChI=1S/C12H27NO2S/c1-4-7-9-12(8-5-2)13-10-11-16(14,15)6-3/h12-13H,4-11H2,1-3H3. The smallest absolute Gasteiger partial charge is 0.151 e.